The van der Waals surface area contributed by atoms with Gasteiger partial charge < -0.3 is 20.7 Å². The van der Waals surface area contributed by atoms with Crippen LogP contribution in [0.3, 0.4) is 0 Å². The van der Waals surface area contributed by atoms with Crippen molar-refractivity contribution >= 4 is 42.1 Å². The van der Waals surface area contributed by atoms with Gasteiger partial charge in [-0.2, -0.15) is 8.78 Å². The smallest absolute Gasteiger partial charge is 0.387 e. The number of anilines is 2. The molecule has 1 heterocycles. The number of carbonyl (C=O) groups is 1. The summed E-state index contributed by atoms with van der Waals surface area (Å²) >= 11 is 0. The summed E-state index contributed by atoms with van der Waals surface area (Å²) in [4.78, 5) is 14.5. The van der Waals surface area contributed by atoms with Gasteiger partial charge in [0.2, 0.25) is 0 Å². The fourth-order valence-electron chi connectivity index (χ4n) is 3.16. The molecular weight excluding hydrogens is 411 g/mol. The molecule has 1 atom stereocenters. The van der Waals surface area contributed by atoms with E-state index in [4.69, 9.17) is 5.73 Å². The largest absolute Gasteiger partial charge is 0.433 e. The van der Waals surface area contributed by atoms with Crippen LogP contribution in [0.5, 0.6) is 5.75 Å². The normalized spacial score (nSPS) is 15.6. The third-order valence-electron chi connectivity index (χ3n) is 4.45. The molecule has 1 amide bonds. The van der Waals surface area contributed by atoms with Crippen LogP contribution < -0.4 is 20.7 Å². The van der Waals surface area contributed by atoms with Crippen molar-refractivity contribution in [3.63, 3.8) is 0 Å². The Morgan fingerprint density at radius 2 is 1.96 bits per heavy atom. The number of hydrogen-bond acceptors (Lipinski definition) is 4. The molecule has 3 rings (SSSR count). The van der Waals surface area contributed by atoms with Crippen molar-refractivity contribution in [3.8, 4) is 5.75 Å². The lowest BCUT2D eigenvalue weighted by Crippen LogP contribution is -2.37. The first-order valence-corrected chi connectivity index (χ1v) is 8.40. The van der Waals surface area contributed by atoms with Crippen molar-refractivity contribution in [1.82, 2.24) is 5.32 Å². The van der Waals surface area contributed by atoms with Gasteiger partial charge in [0.05, 0.1) is 5.69 Å². The van der Waals surface area contributed by atoms with Crippen LogP contribution in [0.2, 0.25) is 0 Å². The topological polar surface area (TPSA) is 67.6 Å². The minimum absolute atomic E-state index is 0. The lowest BCUT2D eigenvalue weighted by molar-refractivity contribution is -0.0495. The maximum atomic E-state index is 12.6. The molecule has 2 aromatic rings. The van der Waals surface area contributed by atoms with Crippen LogP contribution in [0.1, 0.15) is 22.3 Å². The van der Waals surface area contributed by atoms with E-state index in [1.807, 2.05) is 17.9 Å². The number of benzene rings is 2. The Morgan fingerprint density at radius 3 is 2.68 bits per heavy atom. The zero-order valence-electron chi connectivity index (χ0n) is 15.2. The molecule has 154 valence electrons. The van der Waals surface area contributed by atoms with Crippen LogP contribution >= 0.6 is 24.8 Å². The van der Waals surface area contributed by atoms with Gasteiger partial charge in [0, 0.05) is 30.4 Å². The second kappa shape index (κ2) is 10.3. The Balaban J connectivity index is 0.00000196. The summed E-state index contributed by atoms with van der Waals surface area (Å²) in [5, 5.41) is 3.00. The molecule has 2 aromatic carbocycles. The van der Waals surface area contributed by atoms with E-state index in [0.29, 0.717) is 30.0 Å². The molecule has 0 saturated carbocycles. The van der Waals surface area contributed by atoms with Crippen molar-refractivity contribution in [2.24, 2.45) is 0 Å². The van der Waals surface area contributed by atoms with E-state index in [0.717, 1.165) is 12.0 Å². The zero-order valence-corrected chi connectivity index (χ0v) is 16.9. The van der Waals surface area contributed by atoms with E-state index in [9.17, 15) is 13.6 Å². The number of halogens is 4. The Hall–Kier alpha value is -2.25. The predicted octanol–water partition coefficient (Wildman–Crippen LogP) is 4.03. The van der Waals surface area contributed by atoms with Gasteiger partial charge in [-0.25, -0.2) is 0 Å². The van der Waals surface area contributed by atoms with Gasteiger partial charge in [0.25, 0.3) is 5.91 Å². The molecule has 3 N–H and O–H groups in total. The number of carbonyl (C=O) groups excluding carboxylic acids is 1. The first kappa shape index (κ1) is 23.8. The molecule has 5 nitrogen and oxygen atoms in total. The van der Waals surface area contributed by atoms with Crippen LogP contribution in [-0.4, -0.2) is 31.7 Å². The summed E-state index contributed by atoms with van der Waals surface area (Å²) in [6, 6.07) is 11.8. The number of amides is 1. The Bertz CT molecular complexity index is 808. The van der Waals surface area contributed by atoms with Gasteiger partial charge in [0.15, 0.2) is 0 Å². The lowest BCUT2D eigenvalue weighted by atomic mass is 10.1. The number of nitrogens with two attached hydrogens (primary N) is 1. The number of aryl methyl sites for hydroxylation is 1. The Kier molecular flexibility index (Phi) is 8.78. The number of ether oxygens (including phenoxy) is 1. The average Bonchev–Trinajstić information content (AvgIpc) is 3.05. The standard InChI is InChI=1S/C19H21F2N3O2.2ClH/c1-12-6-7-13(22)10-15(12)18(25)23-14-8-9-24(11-14)16-4-2-3-5-17(16)26-19(20)21;;/h2-7,10,14,19H,8-9,11,22H2,1H3,(H,23,25);2*1H. The van der Waals surface area contributed by atoms with Crippen LogP contribution in [0, 0.1) is 6.92 Å². The molecule has 1 saturated heterocycles. The summed E-state index contributed by atoms with van der Waals surface area (Å²) in [5.74, 6) is -0.0417. The maximum Gasteiger partial charge on any atom is 0.387 e. The molecule has 1 aliphatic rings. The monoisotopic (exact) mass is 433 g/mol. The van der Waals surface area contributed by atoms with E-state index < -0.39 is 6.61 Å². The average molecular weight is 434 g/mol. The molecule has 0 aliphatic carbocycles. The summed E-state index contributed by atoms with van der Waals surface area (Å²) in [6.07, 6.45) is 0.718. The van der Waals surface area contributed by atoms with Gasteiger partial charge in [0.1, 0.15) is 5.75 Å². The van der Waals surface area contributed by atoms with Crippen LogP contribution in [0.4, 0.5) is 20.2 Å². The highest BCUT2D eigenvalue weighted by Crippen LogP contribution is 2.31. The molecule has 1 unspecified atom stereocenters. The number of alkyl halides is 2. The molecule has 0 aromatic heterocycles. The first-order chi connectivity index (χ1) is 12.4. The van der Waals surface area contributed by atoms with Crippen LogP contribution in [-0.2, 0) is 0 Å². The van der Waals surface area contributed by atoms with Gasteiger partial charge in [-0.05, 0) is 43.2 Å². The number of para-hydroxylation sites is 2. The summed E-state index contributed by atoms with van der Waals surface area (Å²) in [7, 11) is 0. The lowest BCUT2D eigenvalue weighted by Gasteiger charge is -2.22. The molecule has 1 fully saturated rings. The van der Waals surface area contributed by atoms with Crippen molar-refractivity contribution < 1.29 is 18.3 Å². The van der Waals surface area contributed by atoms with Gasteiger partial charge in [-0.1, -0.05) is 18.2 Å². The SMILES string of the molecule is Cc1ccc(N)cc1C(=O)NC1CCN(c2ccccc2OC(F)F)C1.Cl.Cl. The molecular formula is C19H23Cl2F2N3O2. The van der Waals surface area contributed by atoms with Crippen molar-refractivity contribution in [2.75, 3.05) is 23.7 Å². The minimum atomic E-state index is -2.87. The number of hydrogen-bond donors (Lipinski definition) is 2. The fraction of sp³-hybridized carbons (Fsp3) is 0.316. The van der Waals surface area contributed by atoms with Gasteiger partial charge in [-0.3, -0.25) is 4.79 Å². The maximum absolute atomic E-state index is 12.6. The highest BCUT2D eigenvalue weighted by atomic mass is 35.5. The minimum Gasteiger partial charge on any atom is -0.433 e. The number of nitrogen functional groups attached to an aromatic ring is 1. The Labute approximate surface area is 175 Å². The Morgan fingerprint density at radius 1 is 1.25 bits per heavy atom. The highest BCUT2D eigenvalue weighted by Gasteiger charge is 2.27. The summed E-state index contributed by atoms with van der Waals surface area (Å²) in [6.45, 7) is 0.148. The van der Waals surface area contributed by atoms with Gasteiger partial charge in [-0.15, -0.1) is 24.8 Å². The first-order valence-electron chi connectivity index (χ1n) is 8.40. The van der Waals surface area contributed by atoms with Crippen molar-refractivity contribution in [3.05, 3.63) is 53.6 Å². The fourth-order valence-corrected chi connectivity index (χ4v) is 3.16. The van der Waals surface area contributed by atoms with E-state index >= 15 is 0 Å². The summed E-state index contributed by atoms with van der Waals surface area (Å²) < 4.78 is 29.8. The van der Waals surface area contributed by atoms with Crippen molar-refractivity contribution in [2.45, 2.75) is 26.0 Å². The molecule has 0 spiro atoms. The van der Waals surface area contributed by atoms with Gasteiger partial charge >= 0.3 is 6.61 Å². The number of nitrogens with zero attached hydrogens (tertiary/aromatic N) is 1. The van der Waals surface area contributed by atoms with E-state index in [1.165, 1.54) is 6.07 Å². The molecule has 1 aliphatic heterocycles. The summed E-state index contributed by atoms with van der Waals surface area (Å²) in [5.41, 5.74) is 8.30. The second-order valence-electron chi connectivity index (χ2n) is 6.33. The zero-order chi connectivity index (χ0) is 18.7. The van der Waals surface area contributed by atoms with Crippen LogP contribution in [0.25, 0.3) is 0 Å². The quantitative estimate of drug-likeness (QED) is 0.698. The second-order valence-corrected chi connectivity index (χ2v) is 6.33. The molecule has 0 radical (unpaired) electrons. The van der Waals surface area contributed by atoms with Crippen molar-refractivity contribution in [1.29, 1.82) is 0 Å². The van der Waals surface area contributed by atoms with E-state index in [1.54, 1.807) is 30.3 Å². The molecule has 0 bridgehead atoms. The van der Waals surface area contributed by atoms with Crippen LogP contribution in [0.15, 0.2) is 42.5 Å². The number of nitrogens with one attached hydrogen (secondary N) is 1. The molecule has 9 heteroatoms. The van der Waals surface area contributed by atoms with E-state index in [-0.39, 0.29) is 42.5 Å². The van der Waals surface area contributed by atoms with E-state index in [2.05, 4.69) is 10.1 Å². The highest BCUT2D eigenvalue weighted by molar-refractivity contribution is 5.96. The third kappa shape index (κ3) is 5.62. The predicted molar refractivity (Wildman–Crippen MR) is 111 cm³/mol. The third-order valence-corrected chi connectivity index (χ3v) is 4.45. The number of rotatable bonds is 5. The molecule has 28 heavy (non-hydrogen) atoms.